The lowest BCUT2D eigenvalue weighted by molar-refractivity contribution is 0.230. The van der Waals surface area contributed by atoms with Gasteiger partial charge in [-0.3, -0.25) is 4.79 Å². The number of rotatable bonds is 5. The van der Waals surface area contributed by atoms with Gasteiger partial charge in [-0.05, 0) is 37.1 Å². The van der Waals surface area contributed by atoms with Gasteiger partial charge in [0.1, 0.15) is 11.9 Å². The third-order valence-corrected chi connectivity index (χ3v) is 4.05. The summed E-state index contributed by atoms with van der Waals surface area (Å²) < 4.78 is 6.11. The molecule has 0 bridgehead atoms. The maximum atomic E-state index is 11.5. The lowest BCUT2D eigenvalue weighted by atomic mass is 10.0. The number of aromatic nitrogens is 1. The van der Waals surface area contributed by atoms with Crippen LogP contribution in [0.4, 0.5) is 0 Å². The Hall–Kier alpha value is -1.81. The van der Waals surface area contributed by atoms with Crippen molar-refractivity contribution in [2.45, 2.75) is 39.2 Å². The molecule has 0 fully saturated rings. The molecule has 112 valence electrons. The summed E-state index contributed by atoms with van der Waals surface area (Å²) in [4.78, 5) is 14.4. The van der Waals surface area contributed by atoms with Gasteiger partial charge >= 0.3 is 0 Å². The minimum absolute atomic E-state index is 0.0682. The lowest BCUT2D eigenvalue weighted by Gasteiger charge is -2.12. The van der Waals surface area contributed by atoms with Crippen molar-refractivity contribution in [2.75, 3.05) is 13.1 Å². The average Bonchev–Trinajstić information content (AvgIpc) is 2.87. The Kier molecular flexibility index (Phi) is 3.97. The molecule has 21 heavy (non-hydrogen) atoms. The molecular formula is C17H22N2O2. The van der Waals surface area contributed by atoms with Gasteiger partial charge in [-0.2, -0.15) is 0 Å². The third kappa shape index (κ3) is 2.81. The number of aromatic amines is 1. The predicted molar refractivity (Wildman–Crippen MR) is 85.2 cm³/mol. The molecule has 2 aromatic rings. The highest BCUT2D eigenvalue weighted by atomic mass is 16.5. The number of ether oxygens (including phenoxy) is 1. The molecule has 0 amide bonds. The molecule has 0 saturated heterocycles. The average molecular weight is 286 g/mol. The predicted octanol–water partition coefficient (Wildman–Crippen LogP) is 2.53. The van der Waals surface area contributed by atoms with Crippen molar-refractivity contribution in [3.05, 3.63) is 39.7 Å². The molecule has 1 aromatic carbocycles. The number of aryl methyl sites for hydroxylation is 1. The van der Waals surface area contributed by atoms with Gasteiger partial charge in [0.05, 0.1) is 5.52 Å². The van der Waals surface area contributed by atoms with Gasteiger partial charge in [0.25, 0.3) is 0 Å². The number of unbranched alkanes of at least 4 members (excludes halogenated alkanes) is 1. The number of hydrogen-bond donors (Lipinski definition) is 2. The van der Waals surface area contributed by atoms with Gasteiger partial charge in [0, 0.05) is 24.4 Å². The normalized spacial score (nSPS) is 17.0. The van der Waals surface area contributed by atoms with Crippen molar-refractivity contribution in [1.82, 2.24) is 10.3 Å². The minimum atomic E-state index is -0.0682. The lowest BCUT2D eigenvalue weighted by Crippen LogP contribution is -2.30. The summed E-state index contributed by atoms with van der Waals surface area (Å²) in [5.74, 6) is 0.939. The van der Waals surface area contributed by atoms with E-state index in [1.165, 1.54) is 18.4 Å². The molecule has 0 saturated carbocycles. The summed E-state index contributed by atoms with van der Waals surface area (Å²) in [6, 6.07) is 5.57. The van der Waals surface area contributed by atoms with Crippen LogP contribution in [-0.2, 0) is 6.42 Å². The van der Waals surface area contributed by atoms with Crippen LogP contribution in [0.25, 0.3) is 10.9 Å². The molecule has 4 heteroatoms. The number of hydrogen-bond acceptors (Lipinski definition) is 3. The molecule has 1 atom stereocenters. The molecule has 1 aliphatic heterocycles. The maximum Gasteiger partial charge on any atom is 0.248 e. The Labute approximate surface area is 124 Å². The zero-order chi connectivity index (χ0) is 14.8. The molecule has 1 aliphatic rings. The van der Waals surface area contributed by atoms with Gasteiger partial charge < -0.3 is 15.0 Å². The second kappa shape index (κ2) is 5.90. The third-order valence-electron chi connectivity index (χ3n) is 4.05. The van der Waals surface area contributed by atoms with Gasteiger partial charge in [-0.1, -0.05) is 19.4 Å². The first-order valence-electron chi connectivity index (χ1n) is 7.72. The Bertz CT molecular complexity index is 706. The summed E-state index contributed by atoms with van der Waals surface area (Å²) in [5, 5.41) is 4.47. The molecule has 1 aromatic heterocycles. The second-order valence-electron chi connectivity index (χ2n) is 5.79. The second-order valence-corrected chi connectivity index (χ2v) is 5.79. The molecule has 2 N–H and O–H groups in total. The molecular weight excluding hydrogens is 264 g/mol. The van der Waals surface area contributed by atoms with Gasteiger partial charge in [-0.15, -0.1) is 0 Å². The summed E-state index contributed by atoms with van der Waals surface area (Å²) in [6.07, 6.45) is 3.53. The highest BCUT2D eigenvalue weighted by molar-refractivity contribution is 5.89. The van der Waals surface area contributed by atoms with Crippen LogP contribution in [0, 0.1) is 6.92 Å². The highest BCUT2D eigenvalue weighted by Gasteiger charge is 2.25. The van der Waals surface area contributed by atoms with Gasteiger partial charge in [0.2, 0.25) is 5.56 Å². The zero-order valence-electron chi connectivity index (χ0n) is 12.7. The minimum Gasteiger partial charge on any atom is -0.488 e. The van der Waals surface area contributed by atoms with E-state index in [1.807, 2.05) is 13.0 Å². The van der Waals surface area contributed by atoms with Crippen LogP contribution in [0.1, 0.15) is 30.9 Å². The smallest absolute Gasteiger partial charge is 0.248 e. The fourth-order valence-electron chi connectivity index (χ4n) is 2.97. The Morgan fingerprint density at radius 2 is 2.29 bits per heavy atom. The molecule has 0 aliphatic carbocycles. The number of H-pyrrole nitrogens is 1. The summed E-state index contributed by atoms with van der Waals surface area (Å²) in [7, 11) is 0. The van der Waals surface area contributed by atoms with E-state index in [9.17, 15) is 4.79 Å². The monoisotopic (exact) mass is 286 g/mol. The van der Waals surface area contributed by atoms with Crippen molar-refractivity contribution in [3.8, 4) is 5.75 Å². The molecule has 0 spiro atoms. The molecule has 3 rings (SSSR count). The summed E-state index contributed by atoms with van der Waals surface area (Å²) >= 11 is 0. The van der Waals surface area contributed by atoms with E-state index in [2.05, 4.69) is 23.3 Å². The standard InChI is InChI=1S/C17H22N2O2/c1-3-4-7-18-10-13-9-12-8-11(2)16-14(17(12)21-13)5-6-15(20)19-16/h5-6,8,13,18H,3-4,7,9-10H2,1-2H3,(H,19,20). The first-order chi connectivity index (χ1) is 10.2. The number of nitrogens with one attached hydrogen (secondary N) is 2. The first kappa shape index (κ1) is 14.1. The van der Waals surface area contributed by atoms with Crippen LogP contribution in [-0.4, -0.2) is 24.2 Å². The Morgan fingerprint density at radius 3 is 3.10 bits per heavy atom. The van der Waals surface area contributed by atoms with Gasteiger partial charge in [-0.25, -0.2) is 0 Å². The van der Waals surface area contributed by atoms with Crippen LogP contribution < -0.4 is 15.6 Å². The van der Waals surface area contributed by atoms with Crippen molar-refractivity contribution >= 4 is 10.9 Å². The fourth-order valence-corrected chi connectivity index (χ4v) is 2.97. The number of fused-ring (bicyclic) bond motifs is 3. The number of benzene rings is 1. The van der Waals surface area contributed by atoms with Crippen molar-refractivity contribution < 1.29 is 4.74 Å². The van der Waals surface area contributed by atoms with Crippen molar-refractivity contribution in [2.24, 2.45) is 0 Å². The van der Waals surface area contributed by atoms with Crippen LogP contribution in [0.5, 0.6) is 5.75 Å². The molecule has 2 heterocycles. The van der Waals surface area contributed by atoms with Crippen LogP contribution in [0.15, 0.2) is 23.0 Å². The SMILES string of the molecule is CCCCNCC1Cc2cc(C)c3[nH]c(=O)ccc3c2O1. The largest absolute Gasteiger partial charge is 0.488 e. The van der Waals surface area contributed by atoms with E-state index in [1.54, 1.807) is 6.07 Å². The maximum absolute atomic E-state index is 11.5. The summed E-state index contributed by atoms with van der Waals surface area (Å²) in [6.45, 7) is 6.14. The topological polar surface area (TPSA) is 54.1 Å². The van der Waals surface area contributed by atoms with E-state index >= 15 is 0 Å². The first-order valence-corrected chi connectivity index (χ1v) is 7.72. The molecule has 0 radical (unpaired) electrons. The van der Waals surface area contributed by atoms with E-state index in [4.69, 9.17) is 4.74 Å². The number of pyridine rings is 1. The molecule has 1 unspecified atom stereocenters. The highest BCUT2D eigenvalue weighted by Crippen LogP contribution is 2.36. The fraction of sp³-hybridized carbons (Fsp3) is 0.471. The van der Waals surface area contributed by atoms with Crippen molar-refractivity contribution in [3.63, 3.8) is 0 Å². The van der Waals surface area contributed by atoms with Crippen LogP contribution >= 0.6 is 0 Å². The van der Waals surface area contributed by atoms with Gasteiger partial charge in [0.15, 0.2) is 0 Å². The Morgan fingerprint density at radius 1 is 1.43 bits per heavy atom. The van der Waals surface area contributed by atoms with E-state index in [0.717, 1.165) is 41.7 Å². The van der Waals surface area contributed by atoms with E-state index in [-0.39, 0.29) is 11.7 Å². The van der Waals surface area contributed by atoms with E-state index in [0.29, 0.717) is 0 Å². The quantitative estimate of drug-likeness (QED) is 0.831. The zero-order valence-corrected chi connectivity index (χ0v) is 12.7. The summed E-state index contributed by atoms with van der Waals surface area (Å²) in [5.41, 5.74) is 3.17. The van der Waals surface area contributed by atoms with Crippen molar-refractivity contribution in [1.29, 1.82) is 0 Å². The van der Waals surface area contributed by atoms with E-state index < -0.39 is 0 Å². The van der Waals surface area contributed by atoms with Crippen LogP contribution in [0.2, 0.25) is 0 Å². The van der Waals surface area contributed by atoms with Crippen LogP contribution in [0.3, 0.4) is 0 Å². The molecule has 4 nitrogen and oxygen atoms in total. The Balaban J connectivity index is 1.83.